The summed E-state index contributed by atoms with van der Waals surface area (Å²) >= 11 is 0. The van der Waals surface area contributed by atoms with Crippen LogP contribution in [-0.4, -0.2) is 83.2 Å². The van der Waals surface area contributed by atoms with Gasteiger partial charge >= 0.3 is 6.03 Å². The zero-order valence-corrected chi connectivity index (χ0v) is 19.6. The van der Waals surface area contributed by atoms with Crippen molar-refractivity contribution >= 4 is 35.6 Å². The van der Waals surface area contributed by atoms with Crippen LogP contribution in [0, 0.1) is 0 Å². The molecule has 2 unspecified atom stereocenters. The Hall–Kier alpha value is -3.46. The standard InChI is InChI=1S/C20H35N7O8/c1-11(29)16-19(34)22-8-6-4-2-3-5-7-15(31)23-13(10-28)18(33)27-26-17(32)12(9-14(21)30)24-20(35)25-16/h11-13,16,28-29H,2-10H2,1H3,(H2,21,30)(H,22,34)(H,23,31)(H,26,32)(H,27,33)(H2,24,25,35)/t11?,12-,13-,16?/m0/s1. The van der Waals surface area contributed by atoms with E-state index in [0.717, 1.165) is 19.3 Å². The van der Waals surface area contributed by atoms with Crippen molar-refractivity contribution < 1.29 is 39.0 Å². The van der Waals surface area contributed by atoms with Gasteiger partial charge in [-0.05, 0) is 19.8 Å². The van der Waals surface area contributed by atoms with Crippen molar-refractivity contribution in [2.75, 3.05) is 13.2 Å². The van der Waals surface area contributed by atoms with Crippen LogP contribution in [0.25, 0.3) is 0 Å². The molecule has 7 amide bonds. The number of hydrogen-bond donors (Lipinski definition) is 9. The maximum Gasteiger partial charge on any atom is 0.316 e. The van der Waals surface area contributed by atoms with E-state index in [1.807, 2.05) is 10.9 Å². The van der Waals surface area contributed by atoms with Crippen molar-refractivity contribution in [1.29, 1.82) is 0 Å². The molecule has 0 aliphatic carbocycles. The van der Waals surface area contributed by atoms with Crippen molar-refractivity contribution in [3.05, 3.63) is 0 Å². The normalized spacial score (nSPS) is 25.3. The monoisotopic (exact) mass is 501 g/mol. The Morgan fingerprint density at radius 1 is 0.914 bits per heavy atom. The third kappa shape index (κ3) is 11.5. The van der Waals surface area contributed by atoms with Gasteiger partial charge < -0.3 is 37.2 Å². The summed E-state index contributed by atoms with van der Waals surface area (Å²) < 4.78 is 0. The van der Waals surface area contributed by atoms with Crippen molar-refractivity contribution in [3.8, 4) is 0 Å². The van der Waals surface area contributed by atoms with Crippen LogP contribution in [0.3, 0.4) is 0 Å². The van der Waals surface area contributed by atoms with Gasteiger partial charge in [0, 0.05) is 13.0 Å². The van der Waals surface area contributed by atoms with E-state index in [-0.39, 0.29) is 6.42 Å². The molecule has 15 nitrogen and oxygen atoms in total. The second kappa shape index (κ2) is 15.4. The van der Waals surface area contributed by atoms with Crippen LogP contribution < -0.4 is 37.9 Å². The number of amides is 7. The highest BCUT2D eigenvalue weighted by atomic mass is 16.3. The average molecular weight is 502 g/mol. The molecule has 1 aliphatic heterocycles. The lowest BCUT2D eigenvalue weighted by Crippen LogP contribution is -2.60. The Morgan fingerprint density at radius 2 is 1.51 bits per heavy atom. The first-order valence-electron chi connectivity index (χ1n) is 11.4. The lowest BCUT2D eigenvalue weighted by Gasteiger charge is -2.23. The summed E-state index contributed by atoms with van der Waals surface area (Å²) in [4.78, 5) is 72.9. The fourth-order valence-corrected chi connectivity index (χ4v) is 3.18. The second-order valence-electron chi connectivity index (χ2n) is 8.15. The molecule has 0 radical (unpaired) electrons. The highest BCUT2D eigenvalue weighted by Crippen LogP contribution is 2.06. The van der Waals surface area contributed by atoms with E-state index in [0.29, 0.717) is 19.4 Å². The predicted molar refractivity (Wildman–Crippen MR) is 121 cm³/mol. The van der Waals surface area contributed by atoms with Crippen molar-refractivity contribution in [2.45, 2.75) is 76.1 Å². The summed E-state index contributed by atoms with van der Waals surface area (Å²) in [6.45, 7) is 0.854. The van der Waals surface area contributed by atoms with E-state index >= 15 is 0 Å². The first-order chi connectivity index (χ1) is 16.5. The van der Waals surface area contributed by atoms with Gasteiger partial charge in [-0.1, -0.05) is 19.3 Å². The summed E-state index contributed by atoms with van der Waals surface area (Å²) in [5.41, 5.74) is 9.10. The Labute approximate surface area is 202 Å². The van der Waals surface area contributed by atoms with Gasteiger partial charge in [0.25, 0.3) is 11.8 Å². The minimum Gasteiger partial charge on any atom is -0.394 e. The highest BCUT2D eigenvalue weighted by molar-refractivity contribution is 5.94. The van der Waals surface area contributed by atoms with E-state index in [2.05, 4.69) is 21.3 Å². The summed E-state index contributed by atoms with van der Waals surface area (Å²) in [5.74, 6) is -4.03. The third-order valence-electron chi connectivity index (χ3n) is 5.10. The summed E-state index contributed by atoms with van der Waals surface area (Å²) in [5, 5.41) is 28.7. The van der Waals surface area contributed by atoms with Crippen molar-refractivity contribution in [3.63, 3.8) is 0 Å². The molecule has 0 saturated carbocycles. The molecule has 1 saturated heterocycles. The number of hydrogen-bond acceptors (Lipinski definition) is 8. The topological polar surface area (TPSA) is 241 Å². The van der Waals surface area contributed by atoms with E-state index in [9.17, 15) is 39.0 Å². The molecular weight excluding hydrogens is 466 g/mol. The van der Waals surface area contributed by atoms with Crippen molar-refractivity contribution in [1.82, 2.24) is 32.1 Å². The quantitative estimate of drug-likeness (QED) is 0.186. The van der Waals surface area contributed by atoms with Crippen LogP contribution in [0.1, 0.15) is 51.9 Å². The Bertz CT molecular complexity index is 777. The summed E-state index contributed by atoms with van der Waals surface area (Å²) in [6, 6.07) is -5.29. The number of rotatable bonds is 4. The minimum atomic E-state index is -1.55. The van der Waals surface area contributed by atoms with E-state index < -0.39 is 72.8 Å². The molecule has 10 N–H and O–H groups in total. The van der Waals surface area contributed by atoms with Gasteiger partial charge in [-0.15, -0.1) is 0 Å². The fourth-order valence-electron chi connectivity index (χ4n) is 3.18. The average Bonchev–Trinajstić information content (AvgIpc) is 2.79. The summed E-state index contributed by atoms with van der Waals surface area (Å²) in [7, 11) is 0. The maximum atomic E-state index is 12.4. The molecule has 4 atom stereocenters. The van der Waals surface area contributed by atoms with Gasteiger partial charge in [0.2, 0.25) is 17.7 Å². The smallest absolute Gasteiger partial charge is 0.316 e. The lowest BCUT2D eigenvalue weighted by molar-refractivity contribution is -0.134. The molecule has 15 heteroatoms. The largest absolute Gasteiger partial charge is 0.394 e. The van der Waals surface area contributed by atoms with E-state index in [4.69, 9.17) is 5.73 Å². The first kappa shape index (κ1) is 29.6. The molecule has 0 aromatic carbocycles. The molecule has 1 aliphatic rings. The molecule has 0 spiro atoms. The van der Waals surface area contributed by atoms with Crippen LogP contribution in [-0.2, 0) is 24.0 Å². The predicted octanol–water partition coefficient (Wildman–Crippen LogP) is -3.63. The fraction of sp³-hybridized carbons (Fsp3) is 0.700. The van der Waals surface area contributed by atoms with Crippen LogP contribution in [0.4, 0.5) is 4.79 Å². The molecule has 0 aromatic heterocycles. The van der Waals surface area contributed by atoms with Gasteiger partial charge in [-0.3, -0.25) is 34.8 Å². The second-order valence-corrected chi connectivity index (χ2v) is 8.15. The number of urea groups is 1. The lowest BCUT2D eigenvalue weighted by atomic mass is 10.1. The Balaban J connectivity index is 2.99. The third-order valence-corrected chi connectivity index (χ3v) is 5.10. The van der Waals surface area contributed by atoms with Gasteiger partial charge in [0.15, 0.2) is 0 Å². The molecule has 1 fully saturated rings. The number of primary amides is 1. The number of hydrazine groups is 1. The van der Waals surface area contributed by atoms with Gasteiger partial charge in [-0.2, -0.15) is 0 Å². The van der Waals surface area contributed by atoms with E-state index in [1.165, 1.54) is 6.92 Å². The molecule has 35 heavy (non-hydrogen) atoms. The number of nitrogens with two attached hydrogens (primary N) is 1. The SMILES string of the molecule is CC(O)C1NC(=O)N[C@@H](CC(N)=O)C(=O)NNC(=O)[C@H](CO)NC(=O)CCCCCCCNC1=O. The summed E-state index contributed by atoms with van der Waals surface area (Å²) in [6.07, 6.45) is 1.66. The first-order valence-corrected chi connectivity index (χ1v) is 11.4. The van der Waals surface area contributed by atoms with Crippen LogP contribution in [0.2, 0.25) is 0 Å². The van der Waals surface area contributed by atoms with Gasteiger partial charge in [-0.25, -0.2) is 4.79 Å². The Kier molecular flexibility index (Phi) is 13.0. The molecule has 198 valence electrons. The number of carbonyl (C=O) groups is 6. The van der Waals surface area contributed by atoms with Crippen LogP contribution in [0.15, 0.2) is 0 Å². The van der Waals surface area contributed by atoms with Crippen molar-refractivity contribution in [2.24, 2.45) is 5.73 Å². The van der Waals surface area contributed by atoms with Crippen LogP contribution in [0.5, 0.6) is 0 Å². The maximum absolute atomic E-state index is 12.4. The number of aliphatic hydroxyl groups excluding tert-OH is 2. The molecule has 0 aromatic rings. The zero-order chi connectivity index (χ0) is 26.4. The molecular formula is C20H35N7O8. The Morgan fingerprint density at radius 3 is 2.11 bits per heavy atom. The number of aliphatic hydroxyl groups is 2. The molecule has 0 bridgehead atoms. The molecule has 1 heterocycles. The van der Waals surface area contributed by atoms with Gasteiger partial charge in [0.05, 0.1) is 19.1 Å². The van der Waals surface area contributed by atoms with E-state index in [1.54, 1.807) is 0 Å². The van der Waals surface area contributed by atoms with Crippen LogP contribution >= 0.6 is 0 Å². The zero-order valence-electron chi connectivity index (χ0n) is 19.6. The minimum absolute atomic E-state index is 0.126. The number of carbonyl (C=O) groups excluding carboxylic acids is 6. The molecule has 1 rings (SSSR count). The highest BCUT2D eigenvalue weighted by Gasteiger charge is 2.29. The van der Waals surface area contributed by atoms with Gasteiger partial charge in [0.1, 0.15) is 18.1 Å². The number of nitrogens with one attached hydrogen (secondary N) is 6.